The molecule has 0 saturated heterocycles. The van der Waals surface area contributed by atoms with Gasteiger partial charge in [-0.1, -0.05) is 30.3 Å². The number of carbonyl (C=O) groups excluding carboxylic acids is 1. The summed E-state index contributed by atoms with van der Waals surface area (Å²) in [7, 11) is 0. The molecule has 132 valence electrons. The standard InChI is InChI=1S/C19H16F2N4O/c20-14-6-2-1-5-13(14)9-10-22-19(26)17-11-24-18(12-23-17)25-16-8-4-3-7-15(16)21/h1-8,11-12H,9-10H2,(H,22,26)(H,24,25). The van der Waals surface area contributed by atoms with Crippen molar-refractivity contribution in [2.75, 3.05) is 11.9 Å². The Morgan fingerprint density at radius 2 is 1.65 bits per heavy atom. The summed E-state index contributed by atoms with van der Waals surface area (Å²) in [5, 5.41) is 5.45. The summed E-state index contributed by atoms with van der Waals surface area (Å²) < 4.78 is 27.1. The Morgan fingerprint density at radius 1 is 0.923 bits per heavy atom. The number of nitrogens with one attached hydrogen (secondary N) is 2. The van der Waals surface area contributed by atoms with Gasteiger partial charge in [0.15, 0.2) is 0 Å². The first-order valence-corrected chi connectivity index (χ1v) is 7.98. The van der Waals surface area contributed by atoms with Crippen LogP contribution < -0.4 is 10.6 Å². The van der Waals surface area contributed by atoms with Crippen LogP contribution in [-0.2, 0) is 6.42 Å². The van der Waals surface area contributed by atoms with Gasteiger partial charge in [-0.2, -0.15) is 0 Å². The normalized spacial score (nSPS) is 10.4. The fraction of sp³-hybridized carbons (Fsp3) is 0.105. The number of aromatic nitrogens is 2. The maximum atomic E-state index is 13.6. The third-order valence-corrected chi connectivity index (χ3v) is 3.66. The second-order valence-electron chi connectivity index (χ2n) is 5.49. The van der Waals surface area contributed by atoms with Crippen molar-refractivity contribution in [1.82, 2.24) is 15.3 Å². The first kappa shape index (κ1) is 17.5. The highest BCUT2D eigenvalue weighted by atomic mass is 19.1. The lowest BCUT2D eigenvalue weighted by Crippen LogP contribution is -2.26. The van der Waals surface area contributed by atoms with Crippen LogP contribution in [0.2, 0.25) is 0 Å². The average molecular weight is 354 g/mol. The van der Waals surface area contributed by atoms with Crippen LogP contribution in [0.1, 0.15) is 16.1 Å². The molecule has 0 aliphatic rings. The number of benzene rings is 2. The van der Waals surface area contributed by atoms with Gasteiger partial charge < -0.3 is 10.6 Å². The number of para-hydroxylation sites is 1. The van der Waals surface area contributed by atoms with Crippen molar-refractivity contribution in [3.8, 4) is 0 Å². The second-order valence-corrected chi connectivity index (χ2v) is 5.49. The number of rotatable bonds is 6. The first-order chi connectivity index (χ1) is 12.6. The molecule has 0 aliphatic heterocycles. The molecule has 26 heavy (non-hydrogen) atoms. The van der Waals surface area contributed by atoms with Crippen molar-refractivity contribution < 1.29 is 13.6 Å². The lowest BCUT2D eigenvalue weighted by atomic mass is 10.1. The van der Waals surface area contributed by atoms with Crippen LogP contribution in [0, 0.1) is 11.6 Å². The largest absolute Gasteiger partial charge is 0.350 e. The Bertz CT molecular complexity index is 900. The lowest BCUT2D eigenvalue weighted by Gasteiger charge is -2.08. The molecular weight excluding hydrogens is 338 g/mol. The van der Waals surface area contributed by atoms with Crippen LogP contribution in [0.3, 0.4) is 0 Å². The van der Waals surface area contributed by atoms with Gasteiger partial charge in [-0.05, 0) is 30.2 Å². The van der Waals surface area contributed by atoms with Crippen LogP contribution in [0.15, 0.2) is 60.9 Å². The van der Waals surface area contributed by atoms with Gasteiger partial charge >= 0.3 is 0 Å². The predicted molar refractivity (Wildman–Crippen MR) is 94.2 cm³/mol. The number of anilines is 2. The quantitative estimate of drug-likeness (QED) is 0.711. The van der Waals surface area contributed by atoms with Crippen LogP contribution >= 0.6 is 0 Å². The van der Waals surface area contributed by atoms with E-state index in [4.69, 9.17) is 0 Å². The zero-order chi connectivity index (χ0) is 18.4. The molecule has 0 radical (unpaired) electrons. The summed E-state index contributed by atoms with van der Waals surface area (Å²) in [6.45, 7) is 0.274. The Kier molecular flexibility index (Phi) is 5.48. The highest BCUT2D eigenvalue weighted by Crippen LogP contribution is 2.17. The molecule has 0 fully saturated rings. The SMILES string of the molecule is O=C(NCCc1ccccc1F)c1cnc(Nc2ccccc2F)cn1. The van der Waals surface area contributed by atoms with Gasteiger partial charge in [-0.3, -0.25) is 4.79 Å². The van der Waals surface area contributed by atoms with E-state index in [2.05, 4.69) is 20.6 Å². The van der Waals surface area contributed by atoms with Gasteiger partial charge in [0, 0.05) is 6.54 Å². The van der Waals surface area contributed by atoms with Crippen LogP contribution in [0.25, 0.3) is 0 Å². The van der Waals surface area contributed by atoms with Crippen molar-refractivity contribution in [2.45, 2.75) is 6.42 Å². The molecule has 1 heterocycles. The molecule has 3 rings (SSSR count). The second kappa shape index (κ2) is 8.15. The summed E-state index contributed by atoms with van der Waals surface area (Å²) in [6.07, 6.45) is 3.01. The molecule has 7 heteroatoms. The maximum Gasteiger partial charge on any atom is 0.271 e. The highest BCUT2D eigenvalue weighted by molar-refractivity contribution is 5.92. The molecule has 0 bridgehead atoms. The number of hydrogen-bond donors (Lipinski definition) is 2. The number of carbonyl (C=O) groups is 1. The molecule has 1 aromatic heterocycles. The van der Waals surface area contributed by atoms with Gasteiger partial charge in [-0.15, -0.1) is 0 Å². The third-order valence-electron chi connectivity index (χ3n) is 3.66. The van der Waals surface area contributed by atoms with Gasteiger partial charge in [0.2, 0.25) is 0 Å². The summed E-state index contributed by atoms with van der Waals surface area (Å²) >= 11 is 0. The third kappa shape index (κ3) is 4.38. The topological polar surface area (TPSA) is 66.9 Å². The Labute approximate surface area is 149 Å². The van der Waals surface area contributed by atoms with Crippen LogP contribution in [-0.4, -0.2) is 22.4 Å². The molecule has 0 atom stereocenters. The van der Waals surface area contributed by atoms with Gasteiger partial charge in [0.1, 0.15) is 23.1 Å². The summed E-state index contributed by atoms with van der Waals surface area (Å²) in [5.41, 5.74) is 0.921. The summed E-state index contributed by atoms with van der Waals surface area (Å²) in [5.74, 6) is -0.807. The van der Waals surface area contributed by atoms with Gasteiger partial charge in [-0.25, -0.2) is 18.7 Å². The number of amides is 1. The van der Waals surface area contributed by atoms with E-state index in [9.17, 15) is 13.6 Å². The maximum absolute atomic E-state index is 13.6. The molecule has 3 aromatic rings. The molecule has 2 N–H and O–H groups in total. The van der Waals surface area contributed by atoms with Crippen molar-refractivity contribution in [1.29, 1.82) is 0 Å². The molecule has 0 unspecified atom stereocenters. The first-order valence-electron chi connectivity index (χ1n) is 7.98. The van der Waals surface area contributed by atoms with Crippen LogP contribution in [0.4, 0.5) is 20.3 Å². The van der Waals surface area contributed by atoms with E-state index in [0.717, 1.165) is 0 Å². The minimum absolute atomic E-state index is 0.123. The van der Waals surface area contributed by atoms with E-state index in [-0.39, 0.29) is 23.7 Å². The van der Waals surface area contributed by atoms with E-state index in [1.807, 2.05) is 0 Å². The molecule has 1 amide bonds. The van der Waals surface area contributed by atoms with E-state index in [1.54, 1.807) is 36.4 Å². The fourth-order valence-corrected chi connectivity index (χ4v) is 2.31. The molecule has 0 saturated carbocycles. The minimum atomic E-state index is -0.413. The molecule has 5 nitrogen and oxygen atoms in total. The Hall–Kier alpha value is -3.35. The van der Waals surface area contributed by atoms with Gasteiger partial charge in [0.25, 0.3) is 5.91 Å². The minimum Gasteiger partial charge on any atom is -0.350 e. The van der Waals surface area contributed by atoms with E-state index >= 15 is 0 Å². The smallest absolute Gasteiger partial charge is 0.271 e. The summed E-state index contributed by atoms with van der Waals surface area (Å²) in [4.78, 5) is 20.1. The number of hydrogen-bond acceptors (Lipinski definition) is 4. The molecule has 0 aliphatic carbocycles. The highest BCUT2D eigenvalue weighted by Gasteiger charge is 2.09. The van der Waals surface area contributed by atoms with Crippen molar-refractivity contribution in [2.24, 2.45) is 0 Å². The number of nitrogens with zero attached hydrogens (tertiary/aromatic N) is 2. The van der Waals surface area contributed by atoms with E-state index < -0.39 is 11.7 Å². The summed E-state index contributed by atoms with van der Waals surface area (Å²) in [6, 6.07) is 12.6. The molecule has 0 spiro atoms. The monoisotopic (exact) mass is 354 g/mol. The van der Waals surface area contributed by atoms with Gasteiger partial charge in [0.05, 0.1) is 18.1 Å². The molecule has 2 aromatic carbocycles. The van der Waals surface area contributed by atoms with E-state index in [0.29, 0.717) is 17.8 Å². The van der Waals surface area contributed by atoms with Crippen LogP contribution in [0.5, 0.6) is 0 Å². The number of halogens is 2. The lowest BCUT2D eigenvalue weighted by molar-refractivity contribution is 0.0948. The predicted octanol–water partition coefficient (Wildman–Crippen LogP) is 3.47. The molecular formula is C19H16F2N4O. The van der Waals surface area contributed by atoms with Crippen molar-refractivity contribution >= 4 is 17.4 Å². The van der Waals surface area contributed by atoms with Crippen molar-refractivity contribution in [3.63, 3.8) is 0 Å². The average Bonchev–Trinajstić information content (AvgIpc) is 2.66. The zero-order valence-electron chi connectivity index (χ0n) is 13.7. The zero-order valence-corrected chi connectivity index (χ0v) is 13.7. The fourth-order valence-electron chi connectivity index (χ4n) is 2.31. The van der Waals surface area contributed by atoms with E-state index in [1.165, 1.54) is 24.5 Å². The van der Waals surface area contributed by atoms with Crippen molar-refractivity contribution in [3.05, 3.63) is 83.8 Å². The Balaban J connectivity index is 1.55. The Morgan fingerprint density at radius 3 is 2.35 bits per heavy atom.